The largest absolute Gasteiger partial charge is 0.574 e. The molecule has 1 aromatic rings. The molecule has 0 aromatic carbocycles. The van der Waals surface area contributed by atoms with Crippen LogP contribution < -0.4 is 4.74 Å². The minimum absolute atomic E-state index is 0.235. The number of esters is 1. The second-order valence-electron chi connectivity index (χ2n) is 2.95. The van der Waals surface area contributed by atoms with Crippen molar-refractivity contribution in [2.75, 3.05) is 7.11 Å². The maximum absolute atomic E-state index is 12.2. The van der Waals surface area contributed by atoms with Crippen molar-refractivity contribution in [3.63, 3.8) is 0 Å². The third kappa shape index (κ3) is 3.97. The first-order chi connectivity index (χ1) is 8.28. The number of rotatable bonds is 3. The predicted molar refractivity (Wildman–Crippen MR) is 67.6 cm³/mol. The molecular weight excluding hydrogens is 434 g/mol. The number of carbonyl (C=O) groups is 1. The molecule has 18 heavy (non-hydrogen) atoms. The van der Waals surface area contributed by atoms with Crippen molar-refractivity contribution in [3.8, 4) is 5.88 Å². The first-order valence-corrected chi connectivity index (χ1v) is 6.58. The Labute approximate surface area is 122 Å². The second kappa shape index (κ2) is 6.04. The van der Waals surface area contributed by atoms with E-state index in [2.05, 4.69) is 30.4 Å². The van der Waals surface area contributed by atoms with Gasteiger partial charge in [0.15, 0.2) is 0 Å². The molecule has 4 nitrogen and oxygen atoms in total. The number of methoxy groups -OCH3 is 1. The van der Waals surface area contributed by atoms with E-state index in [-0.39, 0.29) is 14.5 Å². The van der Waals surface area contributed by atoms with Crippen LogP contribution in [0.4, 0.5) is 13.2 Å². The number of pyridine rings is 1. The summed E-state index contributed by atoms with van der Waals surface area (Å²) in [5, 5.41) is 0.235. The number of halogens is 5. The van der Waals surface area contributed by atoms with E-state index in [0.717, 1.165) is 7.11 Å². The normalized spacial score (nSPS) is 11.2. The molecule has 0 spiro atoms. The van der Waals surface area contributed by atoms with Crippen molar-refractivity contribution in [1.82, 2.24) is 4.98 Å². The molecule has 1 heterocycles. The smallest absolute Gasteiger partial charge is 0.465 e. The van der Waals surface area contributed by atoms with Crippen LogP contribution in [0.2, 0.25) is 0 Å². The fourth-order valence-electron chi connectivity index (χ4n) is 1.08. The molecule has 100 valence electrons. The Kier molecular flexibility index (Phi) is 5.20. The molecule has 0 saturated carbocycles. The van der Waals surface area contributed by atoms with Crippen LogP contribution in [0, 0.1) is 3.57 Å². The van der Waals surface area contributed by atoms with Gasteiger partial charge in [0, 0.05) is 8.90 Å². The molecule has 0 atom stereocenters. The van der Waals surface area contributed by atoms with Crippen molar-refractivity contribution in [2.24, 2.45) is 0 Å². The summed E-state index contributed by atoms with van der Waals surface area (Å²) >= 11 is 4.78. The Bertz CT molecular complexity index is 467. The van der Waals surface area contributed by atoms with Gasteiger partial charge < -0.3 is 9.47 Å². The van der Waals surface area contributed by atoms with Gasteiger partial charge >= 0.3 is 12.3 Å². The summed E-state index contributed by atoms with van der Waals surface area (Å²) in [6, 6.07) is 1.46. The third-order valence-corrected chi connectivity index (χ3v) is 3.16. The van der Waals surface area contributed by atoms with Crippen LogP contribution in [0.25, 0.3) is 0 Å². The number of ether oxygens (including phenoxy) is 2. The number of hydrogen-bond acceptors (Lipinski definition) is 4. The minimum Gasteiger partial charge on any atom is -0.465 e. The maximum atomic E-state index is 12.2. The first kappa shape index (κ1) is 15.5. The van der Waals surface area contributed by atoms with Crippen molar-refractivity contribution >= 4 is 44.5 Å². The van der Waals surface area contributed by atoms with Crippen LogP contribution >= 0.6 is 38.5 Å². The molecule has 0 amide bonds. The standard InChI is InChI=1S/C9H6BrF3INO3/c1-17-8(16)6-5(14)2-4(3-10)15-7(6)18-9(11,12)13/h2H,3H2,1H3. The zero-order valence-electron chi connectivity index (χ0n) is 8.85. The maximum Gasteiger partial charge on any atom is 0.574 e. The van der Waals surface area contributed by atoms with Crippen LogP contribution in [0.15, 0.2) is 6.07 Å². The summed E-state index contributed by atoms with van der Waals surface area (Å²) in [5.74, 6) is -1.75. The molecule has 0 aliphatic heterocycles. The molecule has 1 aromatic heterocycles. The fraction of sp³-hybridized carbons (Fsp3) is 0.333. The average Bonchev–Trinajstić information content (AvgIpc) is 2.25. The molecule has 0 radical (unpaired) electrons. The van der Waals surface area contributed by atoms with E-state index < -0.39 is 18.2 Å². The van der Waals surface area contributed by atoms with Gasteiger partial charge in [0.05, 0.1) is 12.8 Å². The highest BCUT2D eigenvalue weighted by molar-refractivity contribution is 14.1. The fourth-order valence-corrected chi connectivity index (χ4v) is 2.18. The third-order valence-electron chi connectivity index (χ3n) is 1.73. The van der Waals surface area contributed by atoms with Crippen LogP contribution in [-0.4, -0.2) is 24.4 Å². The summed E-state index contributed by atoms with van der Waals surface area (Å²) in [4.78, 5) is 15.0. The Balaban J connectivity index is 3.34. The quantitative estimate of drug-likeness (QED) is 0.412. The van der Waals surface area contributed by atoms with Gasteiger partial charge in [-0.2, -0.15) is 0 Å². The lowest BCUT2D eigenvalue weighted by molar-refractivity contribution is -0.276. The number of hydrogen-bond donors (Lipinski definition) is 0. The molecule has 0 N–H and O–H groups in total. The molecule has 0 aliphatic carbocycles. The molecule has 0 saturated heterocycles. The van der Waals surface area contributed by atoms with E-state index in [9.17, 15) is 18.0 Å². The van der Waals surface area contributed by atoms with Gasteiger partial charge in [-0.05, 0) is 28.7 Å². The summed E-state index contributed by atoms with van der Waals surface area (Å²) in [6.07, 6.45) is -4.93. The minimum atomic E-state index is -4.93. The monoisotopic (exact) mass is 439 g/mol. The van der Waals surface area contributed by atoms with Crippen molar-refractivity contribution in [2.45, 2.75) is 11.7 Å². The highest BCUT2D eigenvalue weighted by Crippen LogP contribution is 2.29. The Morgan fingerprint density at radius 2 is 2.17 bits per heavy atom. The highest BCUT2D eigenvalue weighted by atomic mass is 127. The number of aromatic nitrogens is 1. The van der Waals surface area contributed by atoms with Crippen molar-refractivity contribution in [3.05, 3.63) is 20.9 Å². The molecule has 0 aliphatic rings. The molecular formula is C9H6BrF3INO3. The van der Waals surface area contributed by atoms with Crippen molar-refractivity contribution in [1.29, 1.82) is 0 Å². The van der Waals surface area contributed by atoms with Crippen LogP contribution in [-0.2, 0) is 10.1 Å². The van der Waals surface area contributed by atoms with Gasteiger partial charge in [0.1, 0.15) is 5.56 Å². The lowest BCUT2D eigenvalue weighted by Gasteiger charge is -2.13. The van der Waals surface area contributed by atoms with E-state index in [1.807, 2.05) is 0 Å². The zero-order chi connectivity index (χ0) is 13.9. The second-order valence-corrected chi connectivity index (χ2v) is 4.67. The molecule has 0 unspecified atom stereocenters. The number of alkyl halides is 4. The summed E-state index contributed by atoms with van der Waals surface area (Å²) in [6.45, 7) is 0. The summed E-state index contributed by atoms with van der Waals surface area (Å²) in [5.41, 5.74) is -0.0357. The van der Waals surface area contributed by atoms with E-state index in [0.29, 0.717) is 5.69 Å². The van der Waals surface area contributed by atoms with Gasteiger partial charge in [-0.25, -0.2) is 9.78 Å². The summed E-state index contributed by atoms with van der Waals surface area (Å²) < 4.78 is 45.1. The lowest BCUT2D eigenvalue weighted by Crippen LogP contribution is -2.21. The van der Waals surface area contributed by atoms with Crippen LogP contribution in [0.1, 0.15) is 16.1 Å². The predicted octanol–water partition coefficient (Wildman–Crippen LogP) is 3.27. The van der Waals surface area contributed by atoms with Gasteiger partial charge in [-0.3, -0.25) is 0 Å². The van der Waals surface area contributed by atoms with Gasteiger partial charge in [-0.15, -0.1) is 13.2 Å². The van der Waals surface area contributed by atoms with Gasteiger partial charge in [0.25, 0.3) is 0 Å². The first-order valence-electron chi connectivity index (χ1n) is 4.38. The molecule has 9 heteroatoms. The van der Waals surface area contributed by atoms with Gasteiger partial charge in [0.2, 0.25) is 5.88 Å². The molecule has 0 bridgehead atoms. The van der Waals surface area contributed by atoms with Crippen LogP contribution in [0.5, 0.6) is 5.88 Å². The van der Waals surface area contributed by atoms with Gasteiger partial charge in [-0.1, -0.05) is 15.9 Å². The topological polar surface area (TPSA) is 48.4 Å². The van der Waals surface area contributed by atoms with E-state index in [1.165, 1.54) is 6.07 Å². The van der Waals surface area contributed by atoms with E-state index >= 15 is 0 Å². The Morgan fingerprint density at radius 1 is 1.56 bits per heavy atom. The molecule has 1 rings (SSSR count). The SMILES string of the molecule is COC(=O)c1c(I)cc(CBr)nc1OC(F)(F)F. The van der Waals surface area contributed by atoms with Crippen LogP contribution in [0.3, 0.4) is 0 Å². The van der Waals surface area contributed by atoms with E-state index in [4.69, 9.17) is 0 Å². The Hall–Kier alpha value is -0.580. The van der Waals surface area contributed by atoms with E-state index in [1.54, 1.807) is 22.6 Å². The Morgan fingerprint density at radius 3 is 2.61 bits per heavy atom. The molecule has 0 fully saturated rings. The number of nitrogens with zero attached hydrogens (tertiary/aromatic N) is 1. The zero-order valence-corrected chi connectivity index (χ0v) is 12.6. The number of carbonyl (C=O) groups excluding carboxylic acids is 1. The van der Waals surface area contributed by atoms with Crippen molar-refractivity contribution < 1.29 is 27.4 Å². The highest BCUT2D eigenvalue weighted by Gasteiger charge is 2.35. The summed E-state index contributed by atoms with van der Waals surface area (Å²) in [7, 11) is 1.06. The lowest BCUT2D eigenvalue weighted by atomic mass is 10.2. The average molecular weight is 440 g/mol.